The summed E-state index contributed by atoms with van der Waals surface area (Å²) in [6.45, 7) is 2.61. The van der Waals surface area contributed by atoms with E-state index in [4.69, 9.17) is 9.56 Å². The lowest BCUT2D eigenvalue weighted by atomic mass is 10.1. The number of hydrogen-bond donors (Lipinski definition) is 2. The lowest BCUT2D eigenvalue weighted by molar-refractivity contribution is 0.102. The van der Waals surface area contributed by atoms with Crippen molar-refractivity contribution < 1.29 is 17.6 Å². The highest BCUT2D eigenvalue weighted by molar-refractivity contribution is 7.89. The number of anilines is 1. The van der Waals surface area contributed by atoms with Crippen LogP contribution in [0.25, 0.3) is 11.1 Å². The van der Waals surface area contributed by atoms with Crippen molar-refractivity contribution in [2.45, 2.75) is 18.4 Å². The number of rotatable bonds is 6. The van der Waals surface area contributed by atoms with Crippen LogP contribution in [0.15, 0.2) is 44.7 Å². The number of furan rings is 1. The van der Waals surface area contributed by atoms with E-state index in [1.807, 2.05) is 19.0 Å². The number of fused-ring (bicyclic) bond motifs is 1. The number of nitrogens with zero attached hydrogens (tertiary/aromatic N) is 3. The highest BCUT2D eigenvalue weighted by Crippen LogP contribution is 2.22. The van der Waals surface area contributed by atoms with Gasteiger partial charge in [-0.15, -0.1) is 0 Å². The van der Waals surface area contributed by atoms with E-state index in [1.54, 1.807) is 6.92 Å². The van der Waals surface area contributed by atoms with Gasteiger partial charge in [0.15, 0.2) is 0 Å². The SMILES string of the molecule is Cc1oc2ncn(CCN(C)C)c(=O)c2c1C(=O)Nc1ccc(S(N)(=O)=O)cc1. The molecule has 1 amide bonds. The number of aryl methyl sites for hydroxylation is 1. The van der Waals surface area contributed by atoms with Crippen molar-refractivity contribution in [2.75, 3.05) is 26.0 Å². The number of carbonyl (C=O) groups is 1. The number of carbonyl (C=O) groups excluding carboxylic acids is 1. The summed E-state index contributed by atoms with van der Waals surface area (Å²) in [6, 6.07) is 5.37. The van der Waals surface area contributed by atoms with Gasteiger partial charge in [0.2, 0.25) is 15.7 Å². The Morgan fingerprint density at radius 2 is 1.93 bits per heavy atom. The maximum Gasteiger partial charge on any atom is 0.265 e. The predicted molar refractivity (Wildman–Crippen MR) is 107 cm³/mol. The Bertz CT molecular complexity index is 1230. The van der Waals surface area contributed by atoms with Crippen LogP contribution in [0.2, 0.25) is 0 Å². The van der Waals surface area contributed by atoms with Crippen LogP contribution >= 0.6 is 0 Å². The molecule has 154 valence electrons. The standard InChI is InChI=1S/C18H21N5O5S/c1-11-14(16(24)21-12-4-6-13(7-5-12)29(19,26)27)15-17(28-11)20-10-23(18(15)25)9-8-22(2)3/h4-7,10H,8-9H2,1-3H3,(H,21,24)(H2,19,26,27). The molecule has 11 heteroatoms. The second-order valence-electron chi connectivity index (χ2n) is 6.78. The van der Waals surface area contributed by atoms with Crippen LogP contribution < -0.4 is 16.0 Å². The maximum atomic E-state index is 12.9. The Morgan fingerprint density at radius 3 is 2.52 bits per heavy atom. The lowest BCUT2D eigenvalue weighted by Crippen LogP contribution is -2.27. The zero-order valence-corrected chi connectivity index (χ0v) is 17.0. The first-order valence-corrected chi connectivity index (χ1v) is 10.2. The minimum atomic E-state index is -3.83. The van der Waals surface area contributed by atoms with E-state index < -0.39 is 15.9 Å². The Morgan fingerprint density at radius 1 is 1.28 bits per heavy atom. The minimum absolute atomic E-state index is 0.0755. The molecule has 0 unspecified atom stereocenters. The van der Waals surface area contributed by atoms with Gasteiger partial charge in [-0.05, 0) is 45.3 Å². The van der Waals surface area contributed by atoms with Gasteiger partial charge in [0.25, 0.3) is 11.5 Å². The minimum Gasteiger partial charge on any atom is -0.442 e. The third kappa shape index (κ3) is 4.36. The maximum absolute atomic E-state index is 12.9. The van der Waals surface area contributed by atoms with Crippen molar-refractivity contribution in [3.8, 4) is 0 Å². The summed E-state index contributed by atoms with van der Waals surface area (Å²) in [4.78, 5) is 31.7. The Kier molecular flexibility index (Phi) is 5.55. The number of amides is 1. The second-order valence-corrected chi connectivity index (χ2v) is 8.34. The van der Waals surface area contributed by atoms with E-state index in [0.29, 0.717) is 18.8 Å². The van der Waals surface area contributed by atoms with E-state index in [2.05, 4.69) is 10.3 Å². The van der Waals surface area contributed by atoms with Gasteiger partial charge in [-0.2, -0.15) is 0 Å². The predicted octanol–water partition coefficient (Wildman–Crippen LogP) is 0.759. The number of primary sulfonamides is 1. The van der Waals surface area contributed by atoms with Crippen LogP contribution in [0.4, 0.5) is 5.69 Å². The smallest absolute Gasteiger partial charge is 0.265 e. The fourth-order valence-electron chi connectivity index (χ4n) is 2.80. The summed E-state index contributed by atoms with van der Waals surface area (Å²) < 4.78 is 29.6. The molecule has 0 saturated heterocycles. The van der Waals surface area contributed by atoms with Crippen LogP contribution in [0, 0.1) is 6.92 Å². The summed E-state index contributed by atoms with van der Waals surface area (Å²) in [7, 11) is -0.0565. The molecule has 0 aliphatic carbocycles. The number of nitrogens with two attached hydrogens (primary N) is 1. The number of likely N-dealkylation sites (N-methyl/N-ethyl adjacent to an activating group) is 1. The van der Waals surface area contributed by atoms with Crippen LogP contribution in [-0.4, -0.2) is 49.4 Å². The monoisotopic (exact) mass is 419 g/mol. The summed E-state index contributed by atoms with van der Waals surface area (Å²) >= 11 is 0. The van der Waals surface area contributed by atoms with Crippen LogP contribution in [0.3, 0.4) is 0 Å². The van der Waals surface area contributed by atoms with Gasteiger partial charge in [0.05, 0.1) is 10.5 Å². The van der Waals surface area contributed by atoms with Gasteiger partial charge in [0.1, 0.15) is 17.5 Å². The van der Waals surface area contributed by atoms with Gasteiger partial charge in [-0.25, -0.2) is 18.5 Å². The molecular weight excluding hydrogens is 398 g/mol. The molecule has 0 radical (unpaired) electrons. The van der Waals surface area contributed by atoms with Crippen molar-refractivity contribution in [2.24, 2.45) is 5.14 Å². The molecule has 10 nitrogen and oxygen atoms in total. The van der Waals surface area contributed by atoms with E-state index in [1.165, 1.54) is 35.2 Å². The fourth-order valence-corrected chi connectivity index (χ4v) is 3.31. The quantitative estimate of drug-likeness (QED) is 0.601. The summed E-state index contributed by atoms with van der Waals surface area (Å²) in [6.07, 6.45) is 1.39. The highest BCUT2D eigenvalue weighted by Gasteiger charge is 2.23. The first kappa shape index (κ1) is 20.7. The molecule has 3 N–H and O–H groups in total. The zero-order chi connectivity index (χ0) is 21.3. The summed E-state index contributed by atoms with van der Waals surface area (Å²) in [5.74, 6) is -0.303. The molecule has 2 aromatic heterocycles. The van der Waals surface area contributed by atoms with Crippen LogP contribution in [0.5, 0.6) is 0 Å². The van der Waals surface area contributed by atoms with E-state index >= 15 is 0 Å². The van der Waals surface area contributed by atoms with Crippen molar-refractivity contribution in [3.63, 3.8) is 0 Å². The van der Waals surface area contributed by atoms with Gasteiger partial charge in [-0.3, -0.25) is 14.2 Å². The number of benzene rings is 1. The van der Waals surface area contributed by atoms with Crippen LogP contribution in [-0.2, 0) is 16.6 Å². The summed E-state index contributed by atoms with van der Waals surface area (Å²) in [5.41, 5.74) is 0.145. The average Bonchev–Trinajstić information content (AvgIpc) is 2.97. The largest absolute Gasteiger partial charge is 0.442 e. The molecule has 0 aliphatic rings. The average molecular weight is 419 g/mol. The van der Waals surface area contributed by atoms with E-state index in [0.717, 1.165) is 0 Å². The van der Waals surface area contributed by atoms with E-state index in [-0.39, 0.29) is 32.9 Å². The van der Waals surface area contributed by atoms with Crippen molar-refractivity contribution in [1.82, 2.24) is 14.5 Å². The molecule has 29 heavy (non-hydrogen) atoms. The fraction of sp³-hybridized carbons (Fsp3) is 0.278. The van der Waals surface area contributed by atoms with Gasteiger partial charge < -0.3 is 14.6 Å². The molecule has 0 atom stereocenters. The summed E-state index contributed by atoms with van der Waals surface area (Å²) in [5, 5.41) is 7.80. The third-order valence-electron chi connectivity index (χ3n) is 4.31. The molecular formula is C18H21N5O5S. The second kappa shape index (κ2) is 7.78. The van der Waals surface area contributed by atoms with Crippen LogP contribution in [0.1, 0.15) is 16.1 Å². The van der Waals surface area contributed by atoms with Crippen molar-refractivity contribution in [1.29, 1.82) is 0 Å². The molecule has 0 aliphatic heterocycles. The molecule has 3 rings (SSSR count). The third-order valence-corrected chi connectivity index (χ3v) is 5.24. The Hall–Kier alpha value is -3.02. The Labute approximate surface area is 167 Å². The normalized spacial score (nSPS) is 11.9. The molecule has 0 fully saturated rings. The van der Waals surface area contributed by atoms with Crippen molar-refractivity contribution in [3.05, 3.63) is 52.3 Å². The zero-order valence-electron chi connectivity index (χ0n) is 16.2. The number of aromatic nitrogens is 2. The van der Waals surface area contributed by atoms with Gasteiger partial charge >= 0.3 is 0 Å². The molecule has 2 heterocycles. The first-order chi connectivity index (χ1) is 13.6. The van der Waals surface area contributed by atoms with Crippen molar-refractivity contribution >= 4 is 32.7 Å². The number of hydrogen-bond acceptors (Lipinski definition) is 7. The Balaban J connectivity index is 1.96. The lowest BCUT2D eigenvalue weighted by Gasteiger charge is -2.10. The first-order valence-electron chi connectivity index (χ1n) is 8.65. The number of nitrogens with one attached hydrogen (secondary N) is 1. The molecule has 1 aromatic carbocycles. The topological polar surface area (TPSA) is 141 Å². The van der Waals surface area contributed by atoms with E-state index in [9.17, 15) is 18.0 Å². The highest BCUT2D eigenvalue weighted by atomic mass is 32.2. The molecule has 0 saturated carbocycles. The molecule has 0 spiro atoms. The molecule has 3 aromatic rings. The van der Waals surface area contributed by atoms with Gasteiger partial charge in [0, 0.05) is 18.8 Å². The molecule has 0 bridgehead atoms. The van der Waals surface area contributed by atoms with Gasteiger partial charge in [-0.1, -0.05) is 0 Å². The number of sulfonamides is 1.